The number of rotatable bonds is 10. The molecule has 0 spiro atoms. The molecule has 0 radical (unpaired) electrons. The number of benzene rings is 1. The van der Waals surface area contributed by atoms with Crippen molar-refractivity contribution in [3.05, 3.63) is 77.8 Å². The summed E-state index contributed by atoms with van der Waals surface area (Å²) in [6, 6.07) is 9.70. The first-order valence-corrected chi connectivity index (χ1v) is 13.6. The monoisotopic (exact) mass is 540 g/mol. The van der Waals surface area contributed by atoms with Crippen molar-refractivity contribution in [3.63, 3.8) is 0 Å². The lowest BCUT2D eigenvalue weighted by Crippen LogP contribution is -2.31. The first-order valence-electron chi connectivity index (χ1n) is 12.1. The van der Waals surface area contributed by atoms with Gasteiger partial charge < -0.3 is 15.2 Å². The quantitative estimate of drug-likeness (QED) is 0.211. The van der Waals surface area contributed by atoms with Gasteiger partial charge in [-0.25, -0.2) is 15.1 Å². The van der Waals surface area contributed by atoms with Crippen LogP contribution in [0.15, 0.2) is 55.2 Å². The van der Waals surface area contributed by atoms with E-state index in [1.54, 1.807) is 16.9 Å². The number of carbonyl (C=O) groups excluding carboxylic acids is 1. The molecular weight excluding hydrogens is 512 g/mol. The van der Waals surface area contributed by atoms with Crippen molar-refractivity contribution in [3.8, 4) is 0 Å². The summed E-state index contributed by atoms with van der Waals surface area (Å²) < 4.78 is 28.5. The second-order valence-corrected chi connectivity index (χ2v) is 10.7. The minimum absolute atomic E-state index is 0.176. The average Bonchev–Trinajstić information content (AvgIpc) is 3.60. The number of nitrogens with two attached hydrogens (primary N) is 1. The Morgan fingerprint density at radius 1 is 1.18 bits per heavy atom. The molecule has 0 unspecified atom stereocenters. The van der Waals surface area contributed by atoms with Gasteiger partial charge in [-0.1, -0.05) is 18.2 Å². The number of aryl methyl sites for hydroxylation is 2. The maximum Gasteiger partial charge on any atom is 0.333 e. The van der Waals surface area contributed by atoms with Gasteiger partial charge in [0.15, 0.2) is 0 Å². The van der Waals surface area contributed by atoms with Gasteiger partial charge in [0, 0.05) is 42.0 Å². The van der Waals surface area contributed by atoms with Crippen LogP contribution < -0.4 is 5.14 Å². The number of H-pyrrole nitrogens is 1. The van der Waals surface area contributed by atoms with Crippen LogP contribution in [-0.4, -0.2) is 68.0 Å². The van der Waals surface area contributed by atoms with Gasteiger partial charge in [0.25, 0.3) is 0 Å². The van der Waals surface area contributed by atoms with Gasteiger partial charge >= 0.3 is 10.3 Å². The fraction of sp³-hybridized carbons (Fsp3) is 0.360. The number of ketones is 1. The van der Waals surface area contributed by atoms with E-state index in [0.717, 1.165) is 22.9 Å². The third-order valence-corrected chi connectivity index (χ3v) is 7.49. The zero-order valence-electron chi connectivity index (χ0n) is 20.3. The third kappa shape index (κ3) is 5.66. The van der Waals surface area contributed by atoms with E-state index in [2.05, 4.69) is 30.3 Å². The molecule has 4 aromatic rings. The number of fused-ring (bicyclic) bond motifs is 1. The molecule has 1 aromatic carbocycles. The second-order valence-electron chi connectivity index (χ2n) is 9.50. The van der Waals surface area contributed by atoms with Gasteiger partial charge in [-0.3, -0.25) is 13.7 Å². The third-order valence-electron chi connectivity index (χ3n) is 7.02. The zero-order valence-corrected chi connectivity index (χ0v) is 21.2. The fourth-order valence-electron chi connectivity index (χ4n) is 5.05. The summed E-state index contributed by atoms with van der Waals surface area (Å²) >= 11 is 0. The predicted molar refractivity (Wildman–Crippen MR) is 136 cm³/mol. The molecule has 0 saturated heterocycles. The Labute approximate surface area is 218 Å². The van der Waals surface area contributed by atoms with Crippen molar-refractivity contribution < 1.29 is 27.6 Å². The van der Waals surface area contributed by atoms with Crippen molar-refractivity contribution in [1.82, 2.24) is 24.7 Å². The molecule has 0 aliphatic heterocycles. The number of aromatic nitrogens is 5. The summed E-state index contributed by atoms with van der Waals surface area (Å²) in [6.07, 6.45) is 5.28. The summed E-state index contributed by atoms with van der Waals surface area (Å²) in [5.74, 6) is -1.47. The molecule has 12 nitrogen and oxygen atoms in total. The number of carbonyl (C=O) groups is 1. The molecule has 13 heteroatoms. The van der Waals surface area contributed by atoms with E-state index in [9.17, 15) is 23.4 Å². The van der Waals surface area contributed by atoms with Gasteiger partial charge in [0.05, 0.1) is 30.1 Å². The number of hydrogen-bond donors (Lipinski definition) is 4. The number of para-hydroxylation sites is 1. The van der Waals surface area contributed by atoms with Crippen LogP contribution in [0.3, 0.4) is 0 Å². The van der Waals surface area contributed by atoms with Crippen LogP contribution in [0.25, 0.3) is 10.9 Å². The Bertz CT molecular complexity index is 1550. The smallest absolute Gasteiger partial charge is 0.333 e. The highest BCUT2D eigenvalue weighted by molar-refractivity contribution is 7.84. The van der Waals surface area contributed by atoms with Crippen molar-refractivity contribution in [2.24, 2.45) is 17.0 Å². The topological polar surface area (TPSA) is 186 Å². The Kier molecular flexibility index (Phi) is 7.36. The molecule has 5 N–H and O–H groups in total. The Morgan fingerprint density at radius 2 is 1.97 bits per heavy atom. The standard InChI is InChI=1S/C25H28N6O6S/c26-38(35,36)37-13-17-9-16(23(32)24(17)33)10-22-19(12-27-14-29-22)25(34)21-6-8-31(30-21)7-5-15-11-28-20-4-2-1-3-18(15)20/h1-4,6,8,11-12,14,16-17,23-24,28,32-33H,5,7,9-10,13H2,(H2,26,35,36)/t16-,17+,23-,24+/m0/s1. The first kappa shape index (κ1) is 26.1. The minimum Gasteiger partial charge on any atom is -0.390 e. The van der Waals surface area contributed by atoms with Gasteiger partial charge in [-0.15, -0.1) is 0 Å². The molecule has 0 bridgehead atoms. The van der Waals surface area contributed by atoms with Crippen LogP contribution >= 0.6 is 0 Å². The molecule has 5 rings (SSSR count). The van der Waals surface area contributed by atoms with Gasteiger partial charge in [0.2, 0.25) is 5.78 Å². The molecule has 3 heterocycles. The normalized spacial score (nSPS) is 21.8. The zero-order chi connectivity index (χ0) is 26.9. The second kappa shape index (κ2) is 10.7. The SMILES string of the molecule is NS(=O)(=O)OC[C@H]1C[C@@H](Cc2ncncc2C(=O)c2ccn(CCc3c[nH]c4ccccc34)n2)[C@H](O)[C@@H]1O. The van der Waals surface area contributed by atoms with Crippen molar-refractivity contribution in [1.29, 1.82) is 0 Å². The van der Waals surface area contributed by atoms with Crippen LogP contribution in [0.5, 0.6) is 0 Å². The molecule has 3 aromatic heterocycles. The van der Waals surface area contributed by atoms with Crippen molar-refractivity contribution in [2.45, 2.75) is 38.0 Å². The highest BCUT2D eigenvalue weighted by Gasteiger charge is 2.42. The first-order chi connectivity index (χ1) is 18.2. The van der Waals surface area contributed by atoms with E-state index in [1.165, 1.54) is 12.5 Å². The molecule has 38 heavy (non-hydrogen) atoms. The maximum atomic E-state index is 13.3. The van der Waals surface area contributed by atoms with E-state index >= 15 is 0 Å². The largest absolute Gasteiger partial charge is 0.390 e. The van der Waals surface area contributed by atoms with Gasteiger partial charge in [-0.2, -0.15) is 13.5 Å². The lowest BCUT2D eigenvalue weighted by atomic mass is 9.95. The van der Waals surface area contributed by atoms with Gasteiger partial charge in [-0.05, 0) is 42.9 Å². The number of hydrogen-bond acceptors (Lipinski definition) is 9. The molecule has 1 aliphatic rings. The lowest BCUT2D eigenvalue weighted by molar-refractivity contribution is -0.00334. The molecule has 1 aliphatic carbocycles. The Balaban J connectivity index is 1.26. The van der Waals surface area contributed by atoms with Crippen LogP contribution in [0.1, 0.15) is 33.7 Å². The number of aliphatic hydroxyl groups excluding tert-OH is 2. The summed E-state index contributed by atoms with van der Waals surface area (Å²) in [6.45, 7) is 0.237. The van der Waals surface area contributed by atoms with Gasteiger partial charge in [0.1, 0.15) is 12.0 Å². The van der Waals surface area contributed by atoms with Crippen LogP contribution in [-0.2, 0) is 33.9 Å². The van der Waals surface area contributed by atoms with Crippen LogP contribution in [0, 0.1) is 11.8 Å². The molecule has 1 fully saturated rings. The number of nitrogens with one attached hydrogen (secondary N) is 1. The molecular formula is C25H28N6O6S. The maximum absolute atomic E-state index is 13.3. The highest BCUT2D eigenvalue weighted by atomic mass is 32.2. The lowest BCUT2D eigenvalue weighted by Gasteiger charge is -2.17. The van der Waals surface area contributed by atoms with E-state index in [4.69, 9.17) is 5.14 Å². The number of aliphatic hydroxyl groups is 2. The Hall–Kier alpha value is -3.49. The van der Waals surface area contributed by atoms with E-state index in [0.29, 0.717) is 12.2 Å². The fourth-order valence-corrected chi connectivity index (χ4v) is 5.42. The summed E-state index contributed by atoms with van der Waals surface area (Å²) in [5.41, 5.74) is 3.13. The molecule has 0 amide bonds. The van der Waals surface area contributed by atoms with E-state index in [1.807, 2.05) is 24.4 Å². The average molecular weight is 541 g/mol. The summed E-state index contributed by atoms with van der Waals surface area (Å²) in [7, 11) is -4.17. The van der Waals surface area contributed by atoms with Crippen molar-refractivity contribution >= 4 is 27.0 Å². The van der Waals surface area contributed by atoms with E-state index in [-0.39, 0.29) is 36.5 Å². The summed E-state index contributed by atoms with van der Waals surface area (Å²) in [4.78, 5) is 24.8. The highest BCUT2D eigenvalue weighted by Crippen LogP contribution is 2.35. The molecule has 1 saturated carbocycles. The van der Waals surface area contributed by atoms with Crippen LogP contribution in [0.4, 0.5) is 0 Å². The number of nitrogens with zero attached hydrogens (tertiary/aromatic N) is 4. The van der Waals surface area contributed by atoms with E-state index < -0.39 is 34.3 Å². The summed E-state index contributed by atoms with van der Waals surface area (Å²) in [5, 5.41) is 31.4. The molecule has 4 atom stereocenters. The van der Waals surface area contributed by atoms with Crippen molar-refractivity contribution in [2.75, 3.05) is 6.61 Å². The Morgan fingerprint density at radius 3 is 2.79 bits per heavy atom. The number of aromatic amines is 1. The van der Waals surface area contributed by atoms with Crippen LogP contribution in [0.2, 0.25) is 0 Å². The minimum atomic E-state index is -4.17. The molecule has 200 valence electrons. The predicted octanol–water partition coefficient (Wildman–Crippen LogP) is 0.749.